The monoisotopic (exact) mass is 748 g/mol. The van der Waals surface area contributed by atoms with Gasteiger partial charge < -0.3 is 9.80 Å². The second kappa shape index (κ2) is 15.9. The normalized spacial score (nSPS) is 11.4. The van der Waals surface area contributed by atoms with E-state index in [0.717, 1.165) is 34.1 Å². The number of benzene rings is 9. The average molecular weight is 749 g/mol. The summed E-state index contributed by atoms with van der Waals surface area (Å²) in [6.07, 6.45) is 0. The Hall–Kier alpha value is -6.90. The van der Waals surface area contributed by atoms with Gasteiger partial charge in [-0.25, -0.2) is 0 Å². The number of anilines is 6. The topological polar surface area (TPSA) is 6.48 Å². The highest BCUT2D eigenvalue weighted by atomic mass is 15.1. The molecule has 0 saturated carbocycles. The van der Waals surface area contributed by atoms with Crippen LogP contribution in [0, 0.1) is 0 Å². The summed E-state index contributed by atoms with van der Waals surface area (Å²) >= 11 is 0. The third-order valence-electron chi connectivity index (χ3n) is 11.3. The predicted molar refractivity (Wildman–Crippen MR) is 250 cm³/mol. The van der Waals surface area contributed by atoms with Crippen LogP contribution in [0.25, 0.3) is 43.8 Å². The van der Waals surface area contributed by atoms with Crippen molar-refractivity contribution in [2.75, 3.05) is 9.80 Å². The molecule has 0 heterocycles. The van der Waals surface area contributed by atoms with Gasteiger partial charge in [-0.2, -0.15) is 0 Å². The number of fused-ring (bicyclic) bond motifs is 2. The first-order valence-electron chi connectivity index (χ1n) is 20.5. The van der Waals surface area contributed by atoms with Crippen molar-refractivity contribution in [3.8, 4) is 22.3 Å². The van der Waals surface area contributed by atoms with Crippen LogP contribution in [-0.2, 0) is 0 Å². The van der Waals surface area contributed by atoms with Gasteiger partial charge >= 0.3 is 0 Å². The van der Waals surface area contributed by atoms with Crippen molar-refractivity contribution in [2.45, 2.75) is 39.5 Å². The molecule has 0 amide bonds. The minimum absolute atomic E-state index is 0.417. The van der Waals surface area contributed by atoms with Crippen LogP contribution < -0.4 is 9.80 Å². The molecule has 0 fully saturated rings. The van der Waals surface area contributed by atoms with Crippen LogP contribution in [0.5, 0.6) is 0 Å². The fourth-order valence-corrected chi connectivity index (χ4v) is 8.41. The van der Waals surface area contributed by atoms with Gasteiger partial charge in [-0.15, -0.1) is 0 Å². The standard InChI is InChI=1S/C56H48N2/c1-39(2)43-23-17-29-47(35-43)57(45-25-13-7-14-26-45)49-31-33-51-53(37-49)55(41-19-9-5-10-20-41)52-34-32-50(38-54(52)56(51)42-21-11-6-12-22-42)58(46-27-15-8-16-28-46)48-30-18-24-44(36-48)40(3)4/h5-40H,1-4H3. The SMILES string of the molecule is CC(C)c1cccc(N(c2ccccc2)c2ccc3c(-c4ccccc4)c4cc(N(c5ccccc5)c5cccc(C(C)C)c5)ccc4c(-c4ccccc4)c3c2)c1. The zero-order valence-corrected chi connectivity index (χ0v) is 33.7. The molecule has 2 heteroatoms. The molecule has 282 valence electrons. The fraction of sp³-hybridized carbons (Fsp3) is 0.107. The molecule has 0 unspecified atom stereocenters. The van der Waals surface area contributed by atoms with E-state index in [1.165, 1.54) is 54.9 Å². The van der Waals surface area contributed by atoms with Gasteiger partial charge in [-0.3, -0.25) is 0 Å². The zero-order chi connectivity index (χ0) is 39.6. The van der Waals surface area contributed by atoms with Gasteiger partial charge in [0.25, 0.3) is 0 Å². The molecule has 0 aromatic heterocycles. The Balaban J connectivity index is 1.36. The summed E-state index contributed by atoms with van der Waals surface area (Å²) in [4.78, 5) is 4.80. The molecule has 0 aliphatic rings. The Morgan fingerprint density at radius 3 is 0.966 bits per heavy atom. The maximum atomic E-state index is 2.42. The molecule has 0 aliphatic heterocycles. The van der Waals surface area contributed by atoms with Crippen molar-refractivity contribution in [3.05, 3.63) is 217 Å². The van der Waals surface area contributed by atoms with E-state index in [-0.39, 0.29) is 0 Å². The van der Waals surface area contributed by atoms with Crippen molar-refractivity contribution in [3.63, 3.8) is 0 Å². The Bertz CT molecular complexity index is 2630. The molecule has 58 heavy (non-hydrogen) atoms. The summed E-state index contributed by atoms with van der Waals surface area (Å²) in [5.41, 5.74) is 14.3. The lowest BCUT2D eigenvalue weighted by molar-refractivity contribution is 0.866. The molecule has 0 saturated heterocycles. The van der Waals surface area contributed by atoms with Crippen molar-refractivity contribution >= 4 is 55.7 Å². The highest BCUT2D eigenvalue weighted by molar-refractivity contribution is 6.22. The van der Waals surface area contributed by atoms with Crippen molar-refractivity contribution in [1.29, 1.82) is 0 Å². The quantitative estimate of drug-likeness (QED) is 0.129. The lowest BCUT2D eigenvalue weighted by Crippen LogP contribution is -2.11. The molecule has 9 aromatic rings. The number of rotatable bonds is 10. The molecule has 9 aromatic carbocycles. The molecule has 0 N–H and O–H groups in total. The van der Waals surface area contributed by atoms with Gasteiger partial charge in [0.1, 0.15) is 0 Å². The smallest absolute Gasteiger partial charge is 0.0468 e. The van der Waals surface area contributed by atoms with E-state index in [1.54, 1.807) is 0 Å². The van der Waals surface area contributed by atoms with E-state index >= 15 is 0 Å². The van der Waals surface area contributed by atoms with E-state index in [9.17, 15) is 0 Å². The van der Waals surface area contributed by atoms with Crippen molar-refractivity contribution in [2.24, 2.45) is 0 Å². The molecule has 0 aliphatic carbocycles. The van der Waals surface area contributed by atoms with Crippen LogP contribution in [0.15, 0.2) is 206 Å². The molecular weight excluding hydrogens is 701 g/mol. The first kappa shape index (κ1) is 36.7. The van der Waals surface area contributed by atoms with Gasteiger partial charge in [-0.1, -0.05) is 161 Å². The van der Waals surface area contributed by atoms with E-state index in [0.29, 0.717) is 11.8 Å². The molecule has 0 radical (unpaired) electrons. The summed E-state index contributed by atoms with van der Waals surface area (Å²) in [6.45, 7) is 9.05. The van der Waals surface area contributed by atoms with E-state index < -0.39 is 0 Å². The lowest BCUT2D eigenvalue weighted by atomic mass is 9.85. The van der Waals surface area contributed by atoms with Crippen LogP contribution >= 0.6 is 0 Å². The Morgan fingerprint density at radius 2 is 0.603 bits per heavy atom. The average Bonchev–Trinajstić information content (AvgIpc) is 3.27. The van der Waals surface area contributed by atoms with Crippen LogP contribution in [0.3, 0.4) is 0 Å². The van der Waals surface area contributed by atoms with Gasteiger partial charge in [-0.05, 0) is 140 Å². The molecular formula is C56H48N2. The highest BCUT2D eigenvalue weighted by Gasteiger charge is 2.22. The van der Waals surface area contributed by atoms with Gasteiger partial charge in [0.2, 0.25) is 0 Å². The zero-order valence-electron chi connectivity index (χ0n) is 33.7. The number of hydrogen-bond donors (Lipinski definition) is 0. The van der Waals surface area contributed by atoms with Crippen molar-refractivity contribution in [1.82, 2.24) is 0 Å². The predicted octanol–water partition coefficient (Wildman–Crippen LogP) is 16.5. The summed E-state index contributed by atoms with van der Waals surface area (Å²) in [5, 5.41) is 4.87. The second-order valence-corrected chi connectivity index (χ2v) is 15.8. The maximum Gasteiger partial charge on any atom is 0.0468 e. The molecule has 2 nitrogen and oxygen atoms in total. The first-order valence-corrected chi connectivity index (χ1v) is 20.5. The number of para-hydroxylation sites is 2. The summed E-state index contributed by atoms with van der Waals surface area (Å²) in [5.74, 6) is 0.834. The largest absolute Gasteiger partial charge is 0.310 e. The molecule has 0 bridgehead atoms. The van der Waals surface area contributed by atoms with Crippen LogP contribution in [0.1, 0.15) is 50.7 Å². The number of hydrogen-bond acceptors (Lipinski definition) is 2. The van der Waals surface area contributed by atoms with Gasteiger partial charge in [0.05, 0.1) is 0 Å². The molecule has 9 rings (SSSR count). The Labute approximate surface area is 343 Å². The highest BCUT2D eigenvalue weighted by Crippen LogP contribution is 2.48. The fourth-order valence-electron chi connectivity index (χ4n) is 8.41. The van der Waals surface area contributed by atoms with Crippen LogP contribution in [0.4, 0.5) is 34.1 Å². The summed E-state index contributed by atoms with van der Waals surface area (Å²) < 4.78 is 0. The number of nitrogens with zero attached hydrogens (tertiary/aromatic N) is 2. The molecule has 0 atom stereocenters. The molecule has 0 spiro atoms. The Morgan fingerprint density at radius 1 is 0.276 bits per heavy atom. The summed E-state index contributed by atoms with van der Waals surface area (Å²) in [6, 6.07) is 75.5. The second-order valence-electron chi connectivity index (χ2n) is 15.8. The summed E-state index contributed by atoms with van der Waals surface area (Å²) in [7, 11) is 0. The van der Waals surface area contributed by atoms with Crippen LogP contribution in [0.2, 0.25) is 0 Å². The first-order chi connectivity index (χ1) is 28.4. The van der Waals surface area contributed by atoms with Crippen molar-refractivity contribution < 1.29 is 0 Å². The van der Waals surface area contributed by atoms with Gasteiger partial charge in [0.15, 0.2) is 0 Å². The van der Waals surface area contributed by atoms with Gasteiger partial charge in [0, 0.05) is 34.1 Å². The lowest BCUT2D eigenvalue weighted by Gasteiger charge is -2.28. The minimum atomic E-state index is 0.417. The van der Waals surface area contributed by atoms with E-state index in [2.05, 4.69) is 244 Å². The van der Waals surface area contributed by atoms with Crippen LogP contribution in [-0.4, -0.2) is 0 Å². The minimum Gasteiger partial charge on any atom is -0.310 e. The van der Waals surface area contributed by atoms with E-state index in [4.69, 9.17) is 0 Å². The van der Waals surface area contributed by atoms with E-state index in [1.807, 2.05) is 0 Å². The Kier molecular flexibility index (Phi) is 10.1. The third-order valence-corrected chi connectivity index (χ3v) is 11.3. The maximum absolute atomic E-state index is 2.42. The third kappa shape index (κ3) is 7.03.